The lowest BCUT2D eigenvalue weighted by Gasteiger charge is -2.30. The topological polar surface area (TPSA) is 98.2 Å². The average molecular weight is 577 g/mol. The van der Waals surface area contributed by atoms with Gasteiger partial charge < -0.3 is 19.3 Å². The Kier molecular flexibility index (Phi) is 9.49. The van der Waals surface area contributed by atoms with Crippen LogP contribution in [0.5, 0.6) is 11.5 Å². The summed E-state index contributed by atoms with van der Waals surface area (Å²) in [7, 11) is 1.81. The lowest BCUT2D eigenvalue weighted by Crippen LogP contribution is -2.36. The van der Waals surface area contributed by atoms with Gasteiger partial charge in [-0.25, -0.2) is 18.3 Å². The van der Waals surface area contributed by atoms with Gasteiger partial charge in [-0.05, 0) is 76.1 Å². The standard InChI is InChI=1S/C32H36N2O6S/c1-7-40-31(36)25-19-24-20-34(41(37)32(2,3)4)26(15-16-35)29(24)30(33-25)23-10-8-9-21(17-23)11-12-22-13-14-27(38-5)28(18-22)39-6/h8-10,13-14,17-19,26,35H,7,15-16,20H2,1-6H3/t26-,41-/m1/s1. The van der Waals surface area contributed by atoms with Crippen LogP contribution in [0.4, 0.5) is 0 Å². The van der Waals surface area contributed by atoms with Crippen molar-refractivity contribution >= 4 is 17.0 Å². The number of ether oxygens (including phenoxy) is 3. The predicted octanol–water partition coefficient (Wildman–Crippen LogP) is 5.04. The Hall–Kier alpha value is -3.71. The summed E-state index contributed by atoms with van der Waals surface area (Å²) >= 11 is 0. The Morgan fingerprint density at radius 1 is 1.07 bits per heavy atom. The van der Waals surface area contributed by atoms with Crippen molar-refractivity contribution < 1.29 is 28.3 Å². The van der Waals surface area contributed by atoms with Crippen molar-refractivity contribution in [2.45, 2.75) is 51.4 Å². The number of carbonyl (C=O) groups excluding carboxylic acids is 1. The van der Waals surface area contributed by atoms with E-state index in [1.54, 1.807) is 27.2 Å². The van der Waals surface area contributed by atoms with E-state index < -0.39 is 21.7 Å². The van der Waals surface area contributed by atoms with E-state index in [1.807, 2.05) is 67.5 Å². The third-order valence-electron chi connectivity index (χ3n) is 6.65. The number of aliphatic hydroxyl groups excluding tert-OH is 1. The molecule has 216 valence electrons. The minimum atomic E-state index is -1.35. The van der Waals surface area contributed by atoms with Crippen LogP contribution >= 0.6 is 0 Å². The fourth-order valence-corrected chi connectivity index (χ4v) is 6.20. The van der Waals surface area contributed by atoms with E-state index in [2.05, 4.69) is 11.8 Å². The van der Waals surface area contributed by atoms with Gasteiger partial charge in [0.1, 0.15) is 16.7 Å². The number of aliphatic hydroxyl groups is 1. The van der Waals surface area contributed by atoms with Crippen LogP contribution in [0.15, 0.2) is 48.5 Å². The lowest BCUT2D eigenvalue weighted by molar-refractivity contribution is 0.0519. The average Bonchev–Trinajstić information content (AvgIpc) is 3.33. The molecule has 0 bridgehead atoms. The van der Waals surface area contributed by atoms with Crippen molar-refractivity contribution in [1.82, 2.24) is 9.29 Å². The molecule has 0 fully saturated rings. The summed E-state index contributed by atoms with van der Waals surface area (Å²) in [6.45, 7) is 8.02. The maximum Gasteiger partial charge on any atom is 0.356 e. The van der Waals surface area contributed by atoms with Crippen LogP contribution in [-0.4, -0.2) is 56.8 Å². The van der Waals surface area contributed by atoms with Crippen LogP contribution in [0.2, 0.25) is 0 Å². The SMILES string of the molecule is CCOC(=O)c1cc2c(c(-c3cccc(C#Cc4ccc(OC)c(OC)c4)c3)n1)[C@@H](CCO)N([S@](=O)C(C)(C)C)C2. The summed E-state index contributed by atoms with van der Waals surface area (Å²) in [4.78, 5) is 17.6. The molecule has 3 aromatic rings. The molecule has 41 heavy (non-hydrogen) atoms. The number of rotatable bonds is 8. The molecule has 9 heteroatoms. The molecule has 1 aliphatic heterocycles. The van der Waals surface area contributed by atoms with Gasteiger partial charge in [-0.1, -0.05) is 24.0 Å². The highest BCUT2D eigenvalue weighted by Gasteiger charge is 2.40. The van der Waals surface area contributed by atoms with Crippen molar-refractivity contribution in [2.75, 3.05) is 27.4 Å². The molecular formula is C32H36N2O6S. The summed E-state index contributed by atoms with van der Waals surface area (Å²) < 4.78 is 30.9. The fourth-order valence-electron chi connectivity index (χ4n) is 4.80. The summed E-state index contributed by atoms with van der Waals surface area (Å²) in [5.74, 6) is 7.07. The minimum Gasteiger partial charge on any atom is -0.493 e. The molecule has 0 aliphatic carbocycles. The number of carbonyl (C=O) groups is 1. The van der Waals surface area contributed by atoms with Crippen molar-refractivity contribution in [3.05, 3.63) is 76.5 Å². The molecule has 0 amide bonds. The first-order valence-electron chi connectivity index (χ1n) is 13.5. The number of fused-ring (bicyclic) bond motifs is 1. The van der Waals surface area contributed by atoms with Gasteiger partial charge in [0, 0.05) is 35.4 Å². The molecule has 0 saturated heterocycles. The maximum atomic E-state index is 13.6. The largest absolute Gasteiger partial charge is 0.493 e. The summed E-state index contributed by atoms with van der Waals surface area (Å²) in [5.41, 5.74) is 4.75. The zero-order valence-electron chi connectivity index (χ0n) is 24.3. The highest BCUT2D eigenvalue weighted by Crippen LogP contribution is 2.44. The molecule has 0 radical (unpaired) electrons. The van der Waals surface area contributed by atoms with Gasteiger partial charge in [-0.2, -0.15) is 0 Å². The quantitative estimate of drug-likeness (QED) is 0.296. The van der Waals surface area contributed by atoms with Crippen LogP contribution < -0.4 is 9.47 Å². The van der Waals surface area contributed by atoms with Gasteiger partial charge in [0.25, 0.3) is 0 Å². The van der Waals surface area contributed by atoms with Gasteiger partial charge in [0.2, 0.25) is 0 Å². The zero-order chi connectivity index (χ0) is 29.7. The molecular weight excluding hydrogens is 540 g/mol. The van der Waals surface area contributed by atoms with E-state index in [0.29, 0.717) is 30.2 Å². The van der Waals surface area contributed by atoms with Crippen LogP contribution in [-0.2, 0) is 22.3 Å². The number of benzene rings is 2. The number of esters is 1. The predicted molar refractivity (Wildman–Crippen MR) is 159 cm³/mol. The molecule has 1 aliphatic rings. The lowest BCUT2D eigenvalue weighted by atomic mass is 9.95. The van der Waals surface area contributed by atoms with Crippen molar-refractivity contribution in [3.8, 4) is 34.6 Å². The van der Waals surface area contributed by atoms with Crippen LogP contribution in [0.25, 0.3) is 11.3 Å². The number of nitrogens with zero attached hydrogens (tertiary/aromatic N) is 2. The number of pyridine rings is 1. The highest BCUT2D eigenvalue weighted by molar-refractivity contribution is 7.84. The smallest absolute Gasteiger partial charge is 0.356 e. The van der Waals surface area contributed by atoms with Crippen LogP contribution in [0.3, 0.4) is 0 Å². The van der Waals surface area contributed by atoms with Crippen molar-refractivity contribution in [1.29, 1.82) is 0 Å². The van der Waals surface area contributed by atoms with Crippen LogP contribution in [0.1, 0.15) is 72.9 Å². The number of methoxy groups -OCH3 is 2. The summed E-state index contributed by atoms with van der Waals surface area (Å²) in [6.07, 6.45) is 0.376. The second-order valence-corrected chi connectivity index (χ2v) is 12.7. The van der Waals surface area contributed by atoms with E-state index in [-0.39, 0.29) is 24.9 Å². The third kappa shape index (κ3) is 6.62. The molecule has 4 rings (SSSR count). The van der Waals surface area contributed by atoms with Crippen LogP contribution in [0, 0.1) is 11.8 Å². The van der Waals surface area contributed by atoms with Gasteiger partial charge in [-0.3, -0.25) is 0 Å². The second-order valence-electron chi connectivity index (χ2n) is 10.5. The van der Waals surface area contributed by atoms with Crippen molar-refractivity contribution in [3.63, 3.8) is 0 Å². The molecule has 1 N–H and O–H groups in total. The Labute approximate surface area is 244 Å². The minimum absolute atomic E-state index is 0.0855. The molecule has 8 nitrogen and oxygen atoms in total. The first kappa shape index (κ1) is 30.3. The van der Waals surface area contributed by atoms with E-state index in [0.717, 1.165) is 27.8 Å². The second kappa shape index (κ2) is 12.9. The fraction of sp³-hybridized carbons (Fsp3) is 0.375. The highest BCUT2D eigenvalue weighted by atomic mass is 32.2. The molecule has 0 spiro atoms. The van der Waals surface area contributed by atoms with Gasteiger partial charge in [0.05, 0.1) is 37.3 Å². The molecule has 2 heterocycles. The maximum absolute atomic E-state index is 13.6. The molecule has 2 atom stereocenters. The monoisotopic (exact) mass is 576 g/mol. The molecule has 2 aromatic carbocycles. The first-order chi connectivity index (χ1) is 19.6. The Morgan fingerprint density at radius 3 is 2.41 bits per heavy atom. The number of hydrogen-bond donors (Lipinski definition) is 1. The molecule has 0 unspecified atom stereocenters. The van der Waals surface area contributed by atoms with E-state index in [4.69, 9.17) is 19.2 Å². The Morgan fingerprint density at radius 2 is 1.78 bits per heavy atom. The third-order valence-corrected chi connectivity index (χ3v) is 8.50. The van der Waals surface area contributed by atoms with E-state index in [9.17, 15) is 14.1 Å². The summed E-state index contributed by atoms with van der Waals surface area (Å²) in [5, 5.41) is 9.97. The Bertz CT molecular complexity index is 1520. The first-order valence-corrected chi connectivity index (χ1v) is 14.6. The summed E-state index contributed by atoms with van der Waals surface area (Å²) in [6, 6.07) is 14.5. The number of hydrogen-bond acceptors (Lipinski definition) is 7. The normalized spacial score (nSPS) is 15.4. The van der Waals surface area contributed by atoms with Gasteiger partial charge in [0.15, 0.2) is 11.5 Å². The Balaban J connectivity index is 1.82. The van der Waals surface area contributed by atoms with Gasteiger partial charge in [-0.15, -0.1) is 0 Å². The van der Waals surface area contributed by atoms with E-state index >= 15 is 0 Å². The number of aromatic nitrogens is 1. The molecule has 1 aromatic heterocycles. The van der Waals surface area contributed by atoms with Gasteiger partial charge >= 0.3 is 5.97 Å². The van der Waals surface area contributed by atoms with Crippen molar-refractivity contribution in [2.24, 2.45) is 0 Å². The molecule has 0 saturated carbocycles. The zero-order valence-corrected chi connectivity index (χ0v) is 25.1. The van der Waals surface area contributed by atoms with E-state index in [1.165, 1.54) is 0 Å².